The number of hydrogen-bond acceptors (Lipinski definition) is 3. The van der Waals surface area contributed by atoms with E-state index in [4.69, 9.17) is 0 Å². The second-order valence-electron chi connectivity index (χ2n) is 6.28. The molecule has 3 amide bonds. The predicted octanol–water partition coefficient (Wildman–Crippen LogP) is 0.236. The normalized spacial score (nSPS) is 22.0. The number of imide groups is 1. The lowest BCUT2D eigenvalue weighted by atomic mass is 9.93. The zero-order valence-electron chi connectivity index (χ0n) is 13.1. The molecule has 2 N–H and O–H groups in total. The minimum atomic E-state index is -0.317. The van der Waals surface area contributed by atoms with Crippen LogP contribution in [0, 0.1) is 5.41 Å². The smallest absolute Gasteiger partial charge is 0.324 e. The van der Waals surface area contributed by atoms with E-state index in [1.54, 1.807) is 0 Å². The van der Waals surface area contributed by atoms with Crippen molar-refractivity contribution in [1.29, 1.82) is 0 Å². The van der Waals surface area contributed by atoms with Gasteiger partial charge in [0.15, 0.2) is 5.96 Å². The fourth-order valence-corrected chi connectivity index (χ4v) is 2.66. The fraction of sp³-hybridized carbons (Fsp3) is 0.786. The maximum Gasteiger partial charge on any atom is 0.324 e. The molecule has 0 radical (unpaired) electrons. The van der Waals surface area contributed by atoms with Gasteiger partial charge in [0, 0.05) is 19.6 Å². The van der Waals surface area contributed by atoms with Gasteiger partial charge in [0.05, 0.1) is 19.6 Å². The number of carbonyl (C=O) groups is 2. The highest BCUT2D eigenvalue weighted by atomic mass is 16.2. The highest BCUT2D eigenvalue weighted by Crippen LogP contribution is 2.28. The maximum absolute atomic E-state index is 11.5. The second kappa shape index (κ2) is 6.32. The number of aliphatic imine (C=N–C) groups is 1. The predicted molar refractivity (Wildman–Crippen MR) is 81.1 cm³/mol. The SMILES string of the molecule is CCNC(=NCCN1C(=O)CNC1=O)N1CCC(C)(C)C1. The zero-order valence-corrected chi connectivity index (χ0v) is 13.1. The summed E-state index contributed by atoms with van der Waals surface area (Å²) in [7, 11) is 0. The Morgan fingerprint density at radius 2 is 2.19 bits per heavy atom. The Kier molecular flexibility index (Phi) is 4.69. The molecule has 2 rings (SSSR count). The molecule has 0 aliphatic carbocycles. The molecule has 0 atom stereocenters. The first-order chi connectivity index (χ1) is 9.93. The fourth-order valence-electron chi connectivity index (χ4n) is 2.66. The van der Waals surface area contributed by atoms with Gasteiger partial charge < -0.3 is 15.5 Å². The number of amides is 3. The molecule has 0 aromatic heterocycles. The Morgan fingerprint density at radius 3 is 2.71 bits per heavy atom. The Labute approximate surface area is 125 Å². The summed E-state index contributed by atoms with van der Waals surface area (Å²) in [5.41, 5.74) is 0.307. The zero-order chi connectivity index (χ0) is 15.5. The number of carbonyl (C=O) groups excluding carboxylic acids is 2. The van der Waals surface area contributed by atoms with E-state index >= 15 is 0 Å². The Morgan fingerprint density at radius 1 is 1.43 bits per heavy atom. The topological polar surface area (TPSA) is 77.0 Å². The molecule has 0 spiro atoms. The van der Waals surface area contributed by atoms with Crippen molar-refractivity contribution in [3.05, 3.63) is 0 Å². The summed E-state index contributed by atoms with van der Waals surface area (Å²) in [5, 5.41) is 5.79. The van der Waals surface area contributed by atoms with Crippen LogP contribution in [-0.2, 0) is 4.79 Å². The highest BCUT2D eigenvalue weighted by molar-refractivity contribution is 6.01. The van der Waals surface area contributed by atoms with Crippen molar-refractivity contribution >= 4 is 17.9 Å². The Bertz CT molecular complexity index is 431. The van der Waals surface area contributed by atoms with Crippen molar-refractivity contribution < 1.29 is 9.59 Å². The van der Waals surface area contributed by atoms with Gasteiger partial charge in [-0.05, 0) is 18.8 Å². The molecule has 0 saturated carbocycles. The van der Waals surface area contributed by atoms with Crippen molar-refractivity contribution in [3.63, 3.8) is 0 Å². The van der Waals surface area contributed by atoms with Crippen molar-refractivity contribution in [3.8, 4) is 0 Å². The van der Waals surface area contributed by atoms with Crippen LogP contribution < -0.4 is 10.6 Å². The van der Waals surface area contributed by atoms with Crippen LogP contribution in [0.4, 0.5) is 4.79 Å². The van der Waals surface area contributed by atoms with E-state index in [1.165, 1.54) is 4.90 Å². The van der Waals surface area contributed by atoms with Crippen LogP contribution in [0.2, 0.25) is 0 Å². The summed E-state index contributed by atoms with van der Waals surface area (Å²) in [6, 6.07) is -0.317. The molecular formula is C14H25N5O2. The molecule has 2 heterocycles. The molecule has 2 fully saturated rings. The number of nitrogens with zero attached hydrogens (tertiary/aromatic N) is 3. The number of urea groups is 1. The summed E-state index contributed by atoms with van der Waals surface area (Å²) in [6.07, 6.45) is 1.14. The summed E-state index contributed by atoms with van der Waals surface area (Å²) in [5.74, 6) is 0.692. The van der Waals surface area contributed by atoms with Gasteiger partial charge in [0.2, 0.25) is 5.91 Å². The average Bonchev–Trinajstić information content (AvgIpc) is 2.93. The summed E-state index contributed by atoms with van der Waals surface area (Å²) >= 11 is 0. The monoisotopic (exact) mass is 295 g/mol. The molecular weight excluding hydrogens is 270 g/mol. The largest absolute Gasteiger partial charge is 0.357 e. The van der Waals surface area contributed by atoms with Gasteiger partial charge in [0.25, 0.3) is 0 Å². The van der Waals surface area contributed by atoms with Crippen molar-refractivity contribution in [2.75, 3.05) is 39.3 Å². The van der Waals surface area contributed by atoms with E-state index < -0.39 is 0 Å². The molecule has 7 heteroatoms. The summed E-state index contributed by atoms with van der Waals surface area (Å²) < 4.78 is 0. The first-order valence-electron chi connectivity index (χ1n) is 7.54. The number of nitrogens with one attached hydrogen (secondary N) is 2. The molecule has 118 valence electrons. The molecule has 7 nitrogen and oxygen atoms in total. The van der Waals surface area contributed by atoms with Gasteiger partial charge in [-0.2, -0.15) is 0 Å². The second-order valence-corrected chi connectivity index (χ2v) is 6.28. The minimum Gasteiger partial charge on any atom is -0.357 e. The van der Waals surface area contributed by atoms with E-state index in [-0.39, 0.29) is 18.5 Å². The van der Waals surface area contributed by atoms with Crippen molar-refractivity contribution in [2.24, 2.45) is 10.4 Å². The standard InChI is InChI=1S/C14H25N5O2/c1-4-15-12(18-7-5-14(2,3)10-18)16-6-8-19-11(20)9-17-13(19)21/h4-10H2,1-3H3,(H,15,16)(H,17,21). The highest BCUT2D eigenvalue weighted by Gasteiger charge is 2.31. The van der Waals surface area contributed by atoms with Crippen molar-refractivity contribution in [1.82, 2.24) is 20.4 Å². The van der Waals surface area contributed by atoms with Crippen molar-refractivity contribution in [2.45, 2.75) is 27.2 Å². The molecule has 2 aliphatic rings. The minimum absolute atomic E-state index is 0.100. The lowest BCUT2D eigenvalue weighted by molar-refractivity contribution is -0.124. The summed E-state index contributed by atoms with van der Waals surface area (Å²) in [4.78, 5) is 31.0. The molecule has 0 bridgehead atoms. The molecule has 0 unspecified atom stereocenters. The number of rotatable bonds is 4. The van der Waals surface area contributed by atoms with Crippen LogP contribution in [-0.4, -0.2) is 67.0 Å². The molecule has 21 heavy (non-hydrogen) atoms. The molecule has 0 aromatic rings. The van der Waals surface area contributed by atoms with Gasteiger partial charge in [-0.1, -0.05) is 13.8 Å². The van der Waals surface area contributed by atoms with Crippen LogP contribution in [0.1, 0.15) is 27.2 Å². The van der Waals surface area contributed by atoms with Crippen LogP contribution in [0.5, 0.6) is 0 Å². The maximum atomic E-state index is 11.5. The molecule has 2 aliphatic heterocycles. The van der Waals surface area contributed by atoms with E-state index in [9.17, 15) is 9.59 Å². The molecule has 2 saturated heterocycles. The van der Waals surface area contributed by atoms with Gasteiger partial charge in [0.1, 0.15) is 0 Å². The lowest BCUT2D eigenvalue weighted by Crippen LogP contribution is -2.41. The Hall–Kier alpha value is -1.79. The van der Waals surface area contributed by atoms with Gasteiger partial charge in [-0.3, -0.25) is 14.7 Å². The number of hydrogen-bond donors (Lipinski definition) is 2. The average molecular weight is 295 g/mol. The number of guanidine groups is 1. The third kappa shape index (κ3) is 3.86. The van der Waals surface area contributed by atoms with Gasteiger partial charge >= 0.3 is 6.03 Å². The van der Waals surface area contributed by atoms with E-state index in [2.05, 4.69) is 34.4 Å². The van der Waals surface area contributed by atoms with E-state index in [1.807, 2.05) is 6.92 Å². The lowest BCUT2D eigenvalue weighted by Gasteiger charge is -2.24. The first-order valence-corrected chi connectivity index (χ1v) is 7.54. The van der Waals surface area contributed by atoms with E-state index in [0.29, 0.717) is 18.5 Å². The van der Waals surface area contributed by atoms with Gasteiger partial charge in [-0.25, -0.2) is 4.79 Å². The summed E-state index contributed by atoms with van der Waals surface area (Å²) in [6.45, 7) is 10.2. The first kappa shape index (κ1) is 15.6. The van der Waals surface area contributed by atoms with Gasteiger partial charge in [-0.15, -0.1) is 0 Å². The molecule has 0 aromatic carbocycles. The van der Waals surface area contributed by atoms with E-state index in [0.717, 1.165) is 32.0 Å². The van der Waals surface area contributed by atoms with Crippen LogP contribution in [0.3, 0.4) is 0 Å². The number of likely N-dealkylation sites (tertiary alicyclic amines) is 1. The third-order valence-corrected chi connectivity index (χ3v) is 3.83. The third-order valence-electron chi connectivity index (χ3n) is 3.83. The van der Waals surface area contributed by atoms with Crippen LogP contribution >= 0.6 is 0 Å². The quantitative estimate of drug-likeness (QED) is 0.442. The van der Waals surface area contributed by atoms with Crippen LogP contribution in [0.25, 0.3) is 0 Å². The Balaban J connectivity index is 1.92. The van der Waals surface area contributed by atoms with Crippen LogP contribution in [0.15, 0.2) is 4.99 Å².